The smallest absolute Gasteiger partial charge is 0.261 e. The molecular weight excluding hydrogens is 380 g/mol. The Morgan fingerprint density at radius 1 is 0.448 bits per heavy atom. The van der Waals surface area contributed by atoms with E-state index >= 15 is 0 Å². The molecule has 0 amide bonds. The van der Waals surface area contributed by atoms with Crippen molar-refractivity contribution in [3.8, 4) is 0 Å². The first kappa shape index (κ1) is 16.7. The average Bonchev–Trinajstić information content (AvgIpc) is 2.70. The lowest BCUT2D eigenvalue weighted by Gasteiger charge is -2.20. The number of hydrogen-bond donors (Lipinski definition) is 1. The second kappa shape index (κ2) is 5.44. The van der Waals surface area contributed by atoms with Crippen LogP contribution < -0.4 is 0 Å². The molecule has 140 valence electrons. The summed E-state index contributed by atoms with van der Waals surface area (Å²) < 4.78 is 25.9. The highest BCUT2D eigenvalue weighted by atomic mass is 32.2. The van der Waals surface area contributed by atoms with Gasteiger partial charge in [-0.25, -0.2) is 0 Å². The molecular formula is C25H16O3S. The van der Waals surface area contributed by atoms with Gasteiger partial charge in [0.1, 0.15) is 0 Å². The van der Waals surface area contributed by atoms with Gasteiger partial charge in [0.15, 0.2) is 0 Å². The van der Waals surface area contributed by atoms with E-state index < -0.39 is 10.1 Å². The molecule has 0 aliphatic carbocycles. The van der Waals surface area contributed by atoms with E-state index in [9.17, 15) is 8.42 Å². The Morgan fingerprint density at radius 3 is 0.655 bits per heavy atom. The maximum absolute atomic E-state index is 9.19. The number of rotatable bonds is 0. The van der Waals surface area contributed by atoms with Crippen LogP contribution in [0.4, 0.5) is 0 Å². The van der Waals surface area contributed by atoms with Crippen LogP contribution in [-0.2, 0) is 10.1 Å². The van der Waals surface area contributed by atoms with Crippen molar-refractivity contribution in [2.24, 2.45) is 0 Å². The predicted octanol–water partition coefficient (Wildman–Crippen LogP) is 6.42. The van der Waals surface area contributed by atoms with Gasteiger partial charge in [-0.3, -0.25) is 4.55 Å². The minimum absolute atomic E-state index is 0.715. The van der Waals surface area contributed by atoms with Gasteiger partial charge in [0, 0.05) is 0 Å². The molecule has 0 fully saturated rings. The first-order valence-corrected chi connectivity index (χ1v) is 11.2. The van der Waals surface area contributed by atoms with Gasteiger partial charge in [0.05, 0.1) is 6.26 Å². The van der Waals surface area contributed by atoms with Crippen LogP contribution in [0, 0.1) is 0 Å². The molecule has 0 spiro atoms. The monoisotopic (exact) mass is 396 g/mol. The predicted molar refractivity (Wildman–Crippen MR) is 123 cm³/mol. The van der Waals surface area contributed by atoms with Crippen molar-refractivity contribution in [1.29, 1.82) is 0 Å². The number of hydrogen-bond acceptors (Lipinski definition) is 2. The van der Waals surface area contributed by atoms with Crippen LogP contribution in [0.15, 0.2) is 72.8 Å². The van der Waals surface area contributed by atoms with Crippen molar-refractivity contribution >= 4 is 74.8 Å². The third-order valence-corrected chi connectivity index (χ3v) is 5.89. The molecule has 7 aromatic carbocycles. The average molecular weight is 396 g/mol. The Morgan fingerprint density at radius 2 is 0.552 bits per heavy atom. The van der Waals surface area contributed by atoms with Crippen molar-refractivity contribution in [2.75, 3.05) is 6.26 Å². The van der Waals surface area contributed by atoms with Crippen LogP contribution in [0.25, 0.3) is 64.6 Å². The van der Waals surface area contributed by atoms with Crippen LogP contribution in [0.5, 0.6) is 0 Å². The Hall–Kier alpha value is -3.21. The lowest BCUT2D eigenvalue weighted by molar-refractivity contribution is 0.490. The fourth-order valence-corrected chi connectivity index (χ4v) is 4.89. The summed E-state index contributed by atoms with van der Waals surface area (Å²) in [5, 5.41) is 16.7. The Bertz CT molecular complexity index is 1380. The summed E-state index contributed by atoms with van der Waals surface area (Å²) in [6, 6.07) is 27.3. The molecule has 0 saturated carbocycles. The molecule has 7 aromatic rings. The maximum atomic E-state index is 9.19. The van der Waals surface area contributed by atoms with Crippen molar-refractivity contribution in [3.63, 3.8) is 0 Å². The molecule has 0 aromatic heterocycles. The van der Waals surface area contributed by atoms with E-state index in [-0.39, 0.29) is 0 Å². The second-order valence-electron chi connectivity index (χ2n) is 7.72. The minimum atomic E-state index is -3.67. The molecule has 3 nitrogen and oxygen atoms in total. The van der Waals surface area contributed by atoms with Gasteiger partial charge in [-0.2, -0.15) is 8.42 Å². The van der Waals surface area contributed by atoms with E-state index in [0.717, 1.165) is 0 Å². The molecule has 0 heterocycles. The van der Waals surface area contributed by atoms with E-state index in [1.165, 1.54) is 64.6 Å². The topological polar surface area (TPSA) is 54.4 Å². The zero-order chi connectivity index (χ0) is 19.9. The molecule has 4 heteroatoms. The maximum Gasteiger partial charge on any atom is 0.261 e. The Labute approximate surface area is 166 Å². The lowest BCUT2D eigenvalue weighted by Crippen LogP contribution is -1.91. The van der Waals surface area contributed by atoms with Crippen LogP contribution in [0.2, 0.25) is 0 Å². The standard InChI is InChI=1S/C24H12.CH4O3S/c1-2-14-5-6-16-9-11-18-12-10-17-8-7-15-4-3-13(1)19-20(14)22(16)24(18)23(17)21(15)19;1-5(2,3)4/h1-12H;1H3,(H,2,3,4). The molecule has 0 atom stereocenters. The van der Waals surface area contributed by atoms with Crippen molar-refractivity contribution in [1.82, 2.24) is 0 Å². The van der Waals surface area contributed by atoms with Gasteiger partial charge in [-0.15, -0.1) is 0 Å². The SMILES string of the molecule is CS(=O)(=O)O.c1cc2ccc3ccc4ccc5ccc6ccc1c1c2c3c4c5c61. The highest BCUT2D eigenvalue weighted by molar-refractivity contribution is 7.85. The van der Waals surface area contributed by atoms with Crippen LogP contribution in [-0.4, -0.2) is 19.2 Å². The zero-order valence-corrected chi connectivity index (χ0v) is 16.4. The van der Waals surface area contributed by atoms with E-state index in [0.29, 0.717) is 6.26 Å². The Balaban J connectivity index is 0.000000300. The van der Waals surface area contributed by atoms with Crippen molar-refractivity contribution < 1.29 is 13.0 Å². The van der Waals surface area contributed by atoms with Gasteiger partial charge in [0.2, 0.25) is 0 Å². The highest BCUT2D eigenvalue weighted by Gasteiger charge is 2.19. The van der Waals surface area contributed by atoms with Gasteiger partial charge in [0.25, 0.3) is 10.1 Å². The van der Waals surface area contributed by atoms with E-state index in [4.69, 9.17) is 4.55 Å². The molecule has 29 heavy (non-hydrogen) atoms. The molecule has 1 N–H and O–H groups in total. The fraction of sp³-hybridized carbons (Fsp3) is 0.0400. The molecule has 0 aliphatic heterocycles. The lowest BCUT2D eigenvalue weighted by atomic mass is 9.83. The summed E-state index contributed by atoms with van der Waals surface area (Å²) in [4.78, 5) is 0. The molecule has 7 rings (SSSR count). The first-order chi connectivity index (χ1) is 13.9. The van der Waals surface area contributed by atoms with Crippen molar-refractivity contribution in [3.05, 3.63) is 72.8 Å². The van der Waals surface area contributed by atoms with Gasteiger partial charge in [-0.1, -0.05) is 72.8 Å². The van der Waals surface area contributed by atoms with E-state index in [1.807, 2.05) is 0 Å². The van der Waals surface area contributed by atoms with E-state index in [1.54, 1.807) is 0 Å². The zero-order valence-electron chi connectivity index (χ0n) is 15.6. The summed E-state index contributed by atoms with van der Waals surface area (Å²) >= 11 is 0. The van der Waals surface area contributed by atoms with Gasteiger partial charge < -0.3 is 0 Å². The van der Waals surface area contributed by atoms with Gasteiger partial charge in [-0.05, 0) is 64.6 Å². The highest BCUT2D eigenvalue weighted by Crippen LogP contribution is 2.47. The van der Waals surface area contributed by atoms with Crippen LogP contribution in [0.3, 0.4) is 0 Å². The van der Waals surface area contributed by atoms with Gasteiger partial charge >= 0.3 is 0 Å². The first-order valence-electron chi connectivity index (χ1n) is 9.39. The summed E-state index contributed by atoms with van der Waals surface area (Å²) in [5.41, 5.74) is 0. The second-order valence-corrected chi connectivity index (χ2v) is 9.18. The molecule has 0 bridgehead atoms. The fourth-order valence-electron chi connectivity index (χ4n) is 4.89. The molecule has 0 aliphatic rings. The summed E-state index contributed by atoms with van der Waals surface area (Å²) in [7, 11) is -3.67. The van der Waals surface area contributed by atoms with Crippen LogP contribution >= 0.6 is 0 Å². The molecule has 0 radical (unpaired) electrons. The largest absolute Gasteiger partial charge is 0.286 e. The number of benzene rings is 7. The van der Waals surface area contributed by atoms with Crippen LogP contribution in [0.1, 0.15) is 0 Å². The van der Waals surface area contributed by atoms with E-state index in [2.05, 4.69) is 72.8 Å². The summed E-state index contributed by atoms with van der Waals surface area (Å²) in [6.45, 7) is 0. The summed E-state index contributed by atoms with van der Waals surface area (Å²) in [5.74, 6) is 0. The van der Waals surface area contributed by atoms with Crippen molar-refractivity contribution in [2.45, 2.75) is 0 Å². The quantitative estimate of drug-likeness (QED) is 0.183. The normalized spacial score (nSPS) is 12.8. The third-order valence-electron chi connectivity index (χ3n) is 5.89. The summed E-state index contributed by atoms with van der Waals surface area (Å²) in [6.07, 6.45) is 0.715. The molecule has 0 unspecified atom stereocenters. The third kappa shape index (κ3) is 2.30. The minimum Gasteiger partial charge on any atom is -0.286 e. The molecule has 0 saturated heterocycles. The Kier molecular flexibility index (Phi) is 3.14.